The predicted molar refractivity (Wildman–Crippen MR) is 123 cm³/mol. The van der Waals surface area contributed by atoms with Gasteiger partial charge in [0.25, 0.3) is 5.91 Å². The Morgan fingerprint density at radius 3 is 2.47 bits per heavy atom. The molecule has 0 aliphatic carbocycles. The van der Waals surface area contributed by atoms with Gasteiger partial charge >= 0.3 is 0 Å². The number of benzene rings is 2. The molecule has 0 bridgehead atoms. The largest absolute Gasteiger partial charge is 0.441 e. The average Bonchev–Trinajstić information content (AvgIpc) is 3.18. The Kier molecular flexibility index (Phi) is 6.56. The lowest BCUT2D eigenvalue weighted by Gasteiger charge is -2.05. The topological polar surface area (TPSA) is 85.1 Å². The Morgan fingerprint density at radius 2 is 1.78 bits per heavy atom. The number of hydrogen-bond donors (Lipinski definition) is 1. The monoisotopic (exact) mass is 445 g/mol. The molecule has 6 nitrogen and oxygen atoms in total. The molecular formula is C25H23N3O3S. The number of carbonyl (C=O) groups is 1. The molecule has 1 atom stereocenters. The van der Waals surface area contributed by atoms with Crippen LogP contribution in [-0.4, -0.2) is 20.1 Å². The summed E-state index contributed by atoms with van der Waals surface area (Å²) in [5.74, 6) is 1.20. The summed E-state index contributed by atoms with van der Waals surface area (Å²) in [6, 6.07) is 18.4. The van der Waals surface area contributed by atoms with E-state index in [1.54, 1.807) is 36.7 Å². The number of nitrogens with zero attached hydrogens (tertiary/aromatic N) is 2. The Labute approximate surface area is 189 Å². The van der Waals surface area contributed by atoms with Crippen LogP contribution in [-0.2, 0) is 23.1 Å². The molecular weight excluding hydrogens is 422 g/mol. The Morgan fingerprint density at radius 1 is 1.03 bits per heavy atom. The van der Waals surface area contributed by atoms with E-state index in [2.05, 4.69) is 15.3 Å². The van der Waals surface area contributed by atoms with Crippen LogP contribution in [0.15, 0.2) is 82.4 Å². The third kappa shape index (κ3) is 5.18. The van der Waals surface area contributed by atoms with Gasteiger partial charge < -0.3 is 9.73 Å². The molecule has 1 amide bonds. The molecule has 1 N–H and O–H groups in total. The van der Waals surface area contributed by atoms with Gasteiger partial charge in [0.1, 0.15) is 5.76 Å². The number of amides is 1. The van der Waals surface area contributed by atoms with Crippen molar-refractivity contribution >= 4 is 16.7 Å². The van der Waals surface area contributed by atoms with Gasteiger partial charge in [-0.1, -0.05) is 23.8 Å². The number of oxazole rings is 1. The number of aryl methyl sites for hydroxylation is 2. The van der Waals surface area contributed by atoms with Gasteiger partial charge in [-0.3, -0.25) is 14.0 Å². The van der Waals surface area contributed by atoms with Crippen molar-refractivity contribution in [1.29, 1.82) is 0 Å². The zero-order valence-electron chi connectivity index (χ0n) is 17.9. The van der Waals surface area contributed by atoms with Gasteiger partial charge in [0.15, 0.2) is 0 Å². The molecule has 0 radical (unpaired) electrons. The van der Waals surface area contributed by atoms with E-state index >= 15 is 0 Å². The van der Waals surface area contributed by atoms with Gasteiger partial charge in [0.05, 0.1) is 22.2 Å². The molecule has 0 spiro atoms. The summed E-state index contributed by atoms with van der Waals surface area (Å²) in [6.07, 6.45) is 3.41. The lowest BCUT2D eigenvalue weighted by Crippen LogP contribution is -2.22. The van der Waals surface area contributed by atoms with Crippen molar-refractivity contribution in [3.05, 3.63) is 101 Å². The number of aromatic nitrogens is 2. The van der Waals surface area contributed by atoms with Crippen LogP contribution in [0.2, 0.25) is 0 Å². The van der Waals surface area contributed by atoms with E-state index in [-0.39, 0.29) is 11.7 Å². The summed E-state index contributed by atoms with van der Waals surface area (Å²) in [4.78, 5) is 21.7. The molecule has 2 heterocycles. The van der Waals surface area contributed by atoms with E-state index in [0.29, 0.717) is 29.5 Å². The first-order chi connectivity index (χ1) is 15.5. The molecule has 0 saturated carbocycles. The standard InChI is InChI=1S/C25H23N3O3S/c1-17-5-11-22(12-6-17)32(30)16-23-18(2)31-25(28-23)21-9-7-20(8-10-21)24(29)27-15-19-4-3-13-26-14-19/h3-14H,15-16H2,1-2H3,(H,27,29). The highest BCUT2D eigenvalue weighted by Crippen LogP contribution is 2.24. The summed E-state index contributed by atoms with van der Waals surface area (Å²) in [5, 5.41) is 2.88. The van der Waals surface area contributed by atoms with Gasteiger partial charge in [-0.05, 0) is 61.9 Å². The molecule has 162 valence electrons. The van der Waals surface area contributed by atoms with Crippen LogP contribution in [0.25, 0.3) is 11.5 Å². The quantitative estimate of drug-likeness (QED) is 0.450. The lowest BCUT2D eigenvalue weighted by atomic mass is 10.1. The van der Waals surface area contributed by atoms with Gasteiger partial charge in [-0.2, -0.15) is 0 Å². The van der Waals surface area contributed by atoms with Crippen LogP contribution < -0.4 is 5.32 Å². The maximum absolute atomic E-state index is 12.7. The summed E-state index contributed by atoms with van der Waals surface area (Å²) in [5.41, 5.74) is 4.02. The predicted octanol–water partition coefficient (Wildman–Crippen LogP) is 4.59. The fraction of sp³-hybridized carbons (Fsp3) is 0.160. The third-order valence-electron chi connectivity index (χ3n) is 5.01. The minimum absolute atomic E-state index is 0.168. The van der Waals surface area contributed by atoms with Gasteiger partial charge in [-0.15, -0.1) is 0 Å². The van der Waals surface area contributed by atoms with Crippen molar-refractivity contribution in [1.82, 2.24) is 15.3 Å². The van der Waals surface area contributed by atoms with E-state index in [1.807, 2.05) is 50.2 Å². The highest BCUT2D eigenvalue weighted by atomic mass is 32.2. The van der Waals surface area contributed by atoms with Gasteiger partial charge in [0, 0.05) is 35.0 Å². The van der Waals surface area contributed by atoms with Crippen molar-refractivity contribution in [2.75, 3.05) is 0 Å². The normalized spacial score (nSPS) is 11.8. The maximum atomic E-state index is 12.7. The minimum atomic E-state index is -1.20. The van der Waals surface area contributed by atoms with Crippen LogP contribution >= 0.6 is 0 Å². The molecule has 0 fully saturated rings. The molecule has 32 heavy (non-hydrogen) atoms. The zero-order chi connectivity index (χ0) is 22.5. The number of nitrogens with one attached hydrogen (secondary N) is 1. The Bertz CT molecular complexity index is 1230. The Balaban J connectivity index is 1.42. The van der Waals surface area contributed by atoms with Gasteiger partial charge in [0.2, 0.25) is 5.89 Å². The number of rotatable bonds is 7. The summed E-state index contributed by atoms with van der Waals surface area (Å²) in [6.45, 7) is 4.23. The molecule has 1 unspecified atom stereocenters. The summed E-state index contributed by atoms with van der Waals surface area (Å²) >= 11 is 0. The molecule has 7 heteroatoms. The van der Waals surface area contributed by atoms with Crippen molar-refractivity contribution in [2.45, 2.75) is 31.0 Å². The van der Waals surface area contributed by atoms with E-state index in [0.717, 1.165) is 21.6 Å². The highest BCUT2D eigenvalue weighted by molar-refractivity contribution is 7.84. The van der Waals surface area contributed by atoms with Crippen LogP contribution in [0.3, 0.4) is 0 Å². The summed E-state index contributed by atoms with van der Waals surface area (Å²) in [7, 11) is -1.20. The van der Waals surface area contributed by atoms with Gasteiger partial charge in [-0.25, -0.2) is 4.98 Å². The van der Waals surface area contributed by atoms with E-state index < -0.39 is 10.8 Å². The van der Waals surface area contributed by atoms with E-state index in [1.165, 1.54) is 0 Å². The zero-order valence-corrected chi connectivity index (χ0v) is 18.7. The maximum Gasteiger partial charge on any atom is 0.251 e. The second kappa shape index (κ2) is 9.70. The van der Waals surface area contributed by atoms with Crippen LogP contribution in [0.1, 0.15) is 32.9 Å². The molecule has 0 aliphatic heterocycles. The SMILES string of the molecule is Cc1ccc(S(=O)Cc2nc(-c3ccc(C(=O)NCc4cccnc4)cc3)oc2C)cc1. The molecule has 2 aromatic carbocycles. The van der Waals surface area contributed by atoms with Crippen molar-refractivity contribution < 1.29 is 13.4 Å². The Hall–Kier alpha value is -3.58. The first-order valence-corrected chi connectivity index (χ1v) is 11.5. The fourth-order valence-corrected chi connectivity index (χ4v) is 4.26. The molecule has 4 aromatic rings. The second-order valence-electron chi connectivity index (χ2n) is 7.45. The second-order valence-corrected chi connectivity index (χ2v) is 8.90. The van der Waals surface area contributed by atoms with Crippen LogP contribution in [0.5, 0.6) is 0 Å². The number of hydrogen-bond acceptors (Lipinski definition) is 5. The number of pyridine rings is 1. The molecule has 0 aliphatic rings. The lowest BCUT2D eigenvalue weighted by molar-refractivity contribution is 0.0951. The first-order valence-electron chi connectivity index (χ1n) is 10.2. The molecule has 2 aromatic heterocycles. The number of carbonyl (C=O) groups excluding carboxylic acids is 1. The van der Waals surface area contributed by atoms with Crippen molar-refractivity contribution in [3.63, 3.8) is 0 Å². The smallest absolute Gasteiger partial charge is 0.251 e. The van der Waals surface area contributed by atoms with E-state index in [4.69, 9.17) is 4.42 Å². The first kappa shape index (κ1) is 21.6. The molecule has 0 saturated heterocycles. The third-order valence-corrected chi connectivity index (χ3v) is 6.35. The highest BCUT2D eigenvalue weighted by Gasteiger charge is 2.16. The van der Waals surface area contributed by atoms with Crippen molar-refractivity contribution in [2.24, 2.45) is 0 Å². The average molecular weight is 446 g/mol. The molecule has 4 rings (SSSR count). The summed E-state index contributed by atoms with van der Waals surface area (Å²) < 4.78 is 18.5. The minimum Gasteiger partial charge on any atom is -0.441 e. The fourth-order valence-electron chi connectivity index (χ4n) is 3.13. The van der Waals surface area contributed by atoms with Crippen LogP contribution in [0, 0.1) is 13.8 Å². The van der Waals surface area contributed by atoms with E-state index in [9.17, 15) is 9.00 Å². The van der Waals surface area contributed by atoms with Crippen LogP contribution in [0.4, 0.5) is 0 Å². The van der Waals surface area contributed by atoms with Crippen molar-refractivity contribution in [3.8, 4) is 11.5 Å².